The van der Waals surface area contributed by atoms with Crippen molar-refractivity contribution in [2.45, 2.75) is 52.1 Å². The Morgan fingerprint density at radius 2 is 1.53 bits per heavy atom. The van der Waals surface area contributed by atoms with Gasteiger partial charge in [-0.15, -0.1) is 0 Å². The number of rotatable bonds is 9. The van der Waals surface area contributed by atoms with Crippen LogP contribution in [0.3, 0.4) is 0 Å². The summed E-state index contributed by atoms with van der Waals surface area (Å²) in [6, 6.07) is 14.6. The molecule has 0 saturated carbocycles. The molecule has 0 spiro atoms. The van der Waals surface area contributed by atoms with Crippen LogP contribution < -0.4 is 10.6 Å². The number of amides is 2. The van der Waals surface area contributed by atoms with Crippen LogP contribution in [0.5, 0.6) is 0 Å². The number of allylic oxidation sites excluding steroid dienone is 1. The average Bonchev–Trinajstić information content (AvgIpc) is 3.13. The van der Waals surface area contributed by atoms with E-state index in [1.54, 1.807) is 19.9 Å². The summed E-state index contributed by atoms with van der Waals surface area (Å²) in [5.41, 5.74) is 5.50. The first-order valence-electron chi connectivity index (χ1n) is 11.5. The molecule has 3 rings (SSSR count). The zero-order valence-corrected chi connectivity index (χ0v) is 20.0. The molecule has 0 radical (unpaired) electrons. The van der Waals surface area contributed by atoms with Gasteiger partial charge in [-0.05, 0) is 49.4 Å². The van der Waals surface area contributed by atoms with Crippen molar-refractivity contribution >= 4 is 18.0 Å². The molecule has 7 nitrogen and oxygen atoms in total. The van der Waals surface area contributed by atoms with Crippen molar-refractivity contribution < 1.29 is 24.2 Å². The Kier molecular flexibility index (Phi) is 8.10. The van der Waals surface area contributed by atoms with E-state index in [2.05, 4.69) is 22.8 Å². The molecule has 0 aliphatic heterocycles. The number of carboxylic acid groups (broad SMARTS) is 1. The quantitative estimate of drug-likeness (QED) is 0.475. The van der Waals surface area contributed by atoms with Crippen LogP contribution >= 0.6 is 0 Å². The molecule has 2 amide bonds. The van der Waals surface area contributed by atoms with Crippen molar-refractivity contribution in [3.8, 4) is 11.1 Å². The van der Waals surface area contributed by atoms with Gasteiger partial charge in [0.25, 0.3) is 0 Å². The average molecular weight is 465 g/mol. The number of aliphatic carboxylic acids is 1. The lowest BCUT2D eigenvalue weighted by Crippen LogP contribution is -2.48. The predicted molar refractivity (Wildman–Crippen MR) is 130 cm³/mol. The summed E-state index contributed by atoms with van der Waals surface area (Å²) < 4.78 is 5.54. The van der Waals surface area contributed by atoms with Gasteiger partial charge in [0.1, 0.15) is 12.6 Å². The standard InChI is InChI=1S/C27H32N2O5/c1-16(2)13-14-24(26(31)32)29-25(30)17(3)18(4)28-27(33)34-15-23-21-11-7-5-9-19(21)20-10-6-8-12-22(20)23/h5-13,17-18,23-24H,14-15H2,1-4H3,(H,28,33)(H,29,30)(H,31,32). The first-order chi connectivity index (χ1) is 16.2. The molecule has 2 aromatic rings. The smallest absolute Gasteiger partial charge is 0.407 e. The Morgan fingerprint density at radius 3 is 2.06 bits per heavy atom. The third-order valence-electron chi connectivity index (χ3n) is 6.23. The van der Waals surface area contributed by atoms with Crippen molar-refractivity contribution in [2.75, 3.05) is 6.61 Å². The Bertz CT molecular complexity index is 1040. The van der Waals surface area contributed by atoms with Gasteiger partial charge in [-0.3, -0.25) is 4.79 Å². The second-order valence-corrected chi connectivity index (χ2v) is 8.96. The second kappa shape index (κ2) is 11.0. The van der Waals surface area contributed by atoms with Crippen LogP contribution in [0.25, 0.3) is 11.1 Å². The minimum absolute atomic E-state index is 0.0550. The van der Waals surface area contributed by atoms with Crippen LogP contribution in [0.15, 0.2) is 60.2 Å². The van der Waals surface area contributed by atoms with Gasteiger partial charge in [0.15, 0.2) is 0 Å². The molecule has 7 heteroatoms. The zero-order valence-electron chi connectivity index (χ0n) is 20.0. The van der Waals surface area contributed by atoms with E-state index >= 15 is 0 Å². The second-order valence-electron chi connectivity index (χ2n) is 8.96. The third-order valence-corrected chi connectivity index (χ3v) is 6.23. The number of hydrogen-bond acceptors (Lipinski definition) is 4. The van der Waals surface area contributed by atoms with E-state index < -0.39 is 36.0 Å². The lowest BCUT2D eigenvalue weighted by Gasteiger charge is -2.23. The van der Waals surface area contributed by atoms with Gasteiger partial charge in [-0.25, -0.2) is 9.59 Å². The summed E-state index contributed by atoms with van der Waals surface area (Å²) >= 11 is 0. The normalized spacial score (nSPS) is 14.7. The number of alkyl carbamates (subject to hydrolysis) is 1. The van der Waals surface area contributed by atoms with Crippen molar-refractivity contribution in [3.05, 3.63) is 71.3 Å². The Balaban J connectivity index is 1.56. The van der Waals surface area contributed by atoms with E-state index in [1.165, 1.54) is 0 Å². The van der Waals surface area contributed by atoms with Gasteiger partial charge in [0.2, 0.25) is 5.91 Å². The van der Waals surface area contributed by atoms with Crippen molar-refractivity contribution in [1.82, 2.24) is 10.6 Å². The van der Waals surface area contributed by atoms with Crippen LogP contribution in [0.1, 0.15) is 51.2 Å². The summed E-state index contributed by atoms with van der Waals surface area (Å²) in [5, 5.41) is 14.6. The third kappa shape index (κ3) is 5.84. The fourth-order valence-corrected chi connectivity index (χ4v) is 4.06. The Hall–Kier alpha value is -3.61. The molecule has 2 aromatic carbocycles. The molecule has 0 fully saturated rings. The molecular weight excluding hydrogens is 432 g/mol. The largest absolute Gasteiger partial charge is 0.480 e. The van der Waals surface area contributed by atoms with E-state index in [4.69, 9.17) is 4.74 Å². The Morgan fingerprint density at radius 1 is 0.971 bits per heavy atom. The number of hydrogen-bond donors (Lipinski definition) is 3. The highest BCUT2D eigenvalue weighted by molar-refractivity contribution is 5.85. The molecule has 3 unspecified atom stereocenters. The molecule has 34 heavy (non-hydrogen) atoms. The molecule has 1 aliphatic rings. The molecule has 3 N–H and O–H groups in total. The molecule has 180 valence electrons. The monoisotopic (exact) mass is 464 g/mol. The van der Waals surface area contributed by atoms with Crippen LogP contribution in [0.4, 0.5) is 4.79 Å². The first kappa shape index (κ1) is 25.0. The topological polar surface area (TPSA) is 105 Å². The maximum absolute atomic E-state index is 12.6. The fraction of sp³-hybridized carbons (Fsp3) is 0.370. The van der Waals surface area contributed by atoms with Crippen molar-refractivity contribution in [2.24, 2.45) is 5.92 Å². The highest BCUT2D eigenvalue weighted by atomic mass is 16.5. The molecule has 3 atom stereocenters. The van der Waals surface area contributed by atoms with Crippen LogP contribution in [-0.4, -0.2) is 41.8 Å². The van der Waals surface area contributed by atoms with Crippen LogP contribution in [0.2, 0.25) is 0 Å². The van der Waals surface area contributed by atoms with E-state index in [-0.39, 0.29) is 18.9 Å². The Labute approximate surface area is 200 Å². The number of carboxylic acids is 1. The van der Waals surface area contributed by atoms with Gasteiger partial charge < -0.3 is 20.5 Å². The number of benzene rings is 2. The van der Waals surface area contributed by atoms with Gasteiger partial charge in [-0.2, -0.15) is 0 Å². The van der Waals surface area contributed by atoms with Crippen molar-refractivity contribution in [1.29, 1.82) is 0 Å². The van der Waals surface area contributed by atoms with E-state index in [0.717, 1.165) is 27.8 Å². The number of carbonyl (C=O) groups is 3. The molecule has 0 bridgehead atoms. The molecular formula is C27H32N2O5. The van der Waals surface area contributed by atoms with Gasteiger partial charge in [0, 0.05) is 12.0 Å². The first-order valence-corrected chi connectivity index (χ1v) is 11.5. The van der Waals surface area contributed by atoms with Gasteiger partial charge in [-0.1, -0.05) is 67.1 Å². The van der Waals surface area contributed by atoms with Crippen LogP contribution in [0, 0.1) is 5.92 Å². The minimum atomic E-state index is -1.10. The fourth-order valence-electron chi connectivity index (χ4n) is 4.06. The number of fused-ring (bicyclic) bond motifs is 3. The molecule has 0 aromatic heterocycles. The van der Waals surface area contributed by atoms with E-state index in [0.29, 0.717) is 0 Å². The number of nitrogens with one attached hydrogen (secondary N) is 2. The lowest BCUT2D eigenvalue weighted by atomic mass is 9.98. The van der Waals surface area contributed by atoms with Crippen LogP contribution in [-0.2, 0) is 14.3 Å². The number of carbonyl (C=O) groups excluding carboxylic acids is 2. The maximum Gasteiger partial charge on any atom is 0.407 e. The predicted octanol–water partition coefficient (Wildman–Crippen LogP) is 4.48. The van der Waals surface area contributed by atoms with Crippen molar-refractivity contribution in [3.63, 3.8) is 0 Å². The maximum atomic E-state index is 12.6. The van der Waals surface area contributed by atoms with Gasteiger partial charge in [0.05, 0.1) is 5.92 Å². The SMILES string of the molecule is CC(C)=CCC(NC(=O)C(C)C(C)NC(=O)OCC1c2ccccc2-c2ccccc21)C(=O)O. The minimum Gasteiger partial charge on any atom is -0.480 e. The lowest BCUT2D eigenvalue weighted by molar-refractivity contribution is -0.142. The number of ether oxygens (including phenoxy) is 1. The summed E-state index contributed by atoms with van der Waals surface area (Å²) in [5.74, 6) is -2.24. The summed E-state index contributed by atoms with van der Waals surface area (Å²) in [4.78, 5) is 36.6. The summed E-state index contributed by atoms with van der Waals surface area (Å²) in [6.07, 6.45) is 1.35. The molecule has 0 heterocycles. The highest BCUT2D eigenvalue weighted by Gasteiger charge is 2.30. The highest BCUT2D eigenvalue weighted by Crippen LogP contribution is 2.44. The molecule has 1 aliphatic carbocycles. The summed E-state index contributed by atoms with van der Waals surface area (Å²) in [7, 11) is 0. The molecule has 0 saturated heterocycles. The van der Waals surface area contributed by atoms with E-state index in [1.807, 2.05) is 50.2 Å². The van der Waals surface area contributed by atoms with Gasteiger partial charge >= 0.3 is 12.1 Å². The zero-order chi connectivity index (χ0) is 24.8. The summed E-state index contributed by atoms with van der Waals surface area (Å²) in [6.45, 7) is 7.24. The van der Waals surface area contributed by atoms with E-state index in [9.17, 15) is 19.5 Å².